The number of amides is 1. The first-order chi connectivity index (χ1) is 7.12. The number of carbonyl (C=O) groups is 1. The first-order valence-corrected chi connectivity index (χ1v) is 5.19. The molecule has 1 amide bonds. The third-order valence-electron chi connectivity index (χ3n) is 2.69. The number of hydrogen-bond donors (Lipinski definition) is 2. The number of rotatable bonds is 4. The third-order valence-corrected chi connectivity index (χ3v) is 2.69. The van der Waals surface area contributed by atoms with Gasteiger partial charge in [0.05, 0.1) is 5.54 Å². The second-order valence-corrected chi connectivity index (χ2v) is 3.61. The Hall–Kier alpha value is -1.35. The molecule has 3 nitrogen and oxygen atoms in total. The summed E-state index contributed by atoms with van der Waals surface area (Å²) in [5.74, 6) is -0.126. The second-order valence-electron chi connectivity index (χ2n) is 3.61. The SMILES string of the molecule is CCC(N)(CC)C(=O)Nc1cc[c]cc1. The fourth-order valence-electron chi connectivity index (χ4n) is 1.30. The maximum Gasteiger partial charge on any atom is 0.244 e. The highest BCUT2D eigenvalue weighted by atomic mass is 16.2. The maximum absolute atomic E-state index is 11.9. The van der Waals surface area contributed by atoms with Crippen LogP contribution < -0.4 is 11.1 Å². The van der Waals surface area contributed by atoms with Gasteiger partial charge in [0.2, 0.25) is 5.91 Å². The molecule has 3 heteroatoms. The molecule has 0 spiro atoms. The van der Waals surface area contributed by atoms with Gasteiger partial charge in [-0.15, -0.1) is 0 Å². The van der Waals surface area contributed by atoms with Crippen LogP contribution in [0.2, 0.25) is 0 Å². The fourth-order valence-corrected chi connectivity index (χ4v) is 1.30. The summed E-state index contributed by atoms with van der Waals surface area (Å²) in [4.78, 5) is 11.9. The third kappa shape index (κ3) is 2.80. The summed E-state index contributed by atoms with van der Waals surface area (Å²) in [6.45, 7) is 3.84. The van der Waals surface area contributed by atoms with Crippen molar-refractivity contribution in [1.82, 2.24) is 0 Å². The summed E-state index contributed by atoms with van der Waals surface area (Å²) < 4.78 is 0. The lowest BCUT2D eigenvalue weighted by atomic mass is 9.93. The zero-order valence-corrected chi connectivity index (χ0v) is 9.21. The average Bonchev–Trinajstić information content (AvgIpc) is 2.29. The van der Waals surface area contributed by atoms with E-state index in [4.69, 9.17) is 5.73 Å². The molecule has 0 fully saturated rings. The average molecular weight is 205 g/mol. The van der Waals surface area contributed by atoms with Gasteiger partial charge in [0.15, 0.2) is 0 Å². The molecule has 1 rings (SSSR count). The molecule has 81 valence electrons. The van der Waals surface area contributed by atoms with Crippen molar-refractivity contribution in [1.29, 1.82) is 0 Å². The predicted molar refractivity (Wildman–Crippen MR) is 61.4 cm³/mol. The van der Waals surface area contributed by atoms with Gasteiger partial charge in [0.25, 0.3) is 0 Å². The zero-order chi connectivity index (χ0) is 11.3. The summed E-state index contributed by atoms with van der Waals surface area (Å²) >= 11 is 0. The molecular weight excluding hydrogens is 188 g/mol. The highest BCUT2D eigenvalue weighted by molar-refractivity contribution is 5.97. The van der Waals surface area contributed by atoms with Crippen LogP contribution in [-0.4, -0.2) is 11.4 Å². The Kier molecular flexibility index (Phi) is 3.86. The van der Waals surface area contributed by atoms with Crippen LogP contribution >= 0.6 is 0 Å². The highest BCUT2D eigenvalue weighted by Crippen LogP contribution is 2.15. The lowest BCUT2D eigenvalue weighted by Gasteiger charge is -2.25. The van der Waals surface area contributed by atoms with Crippen molar-refractivity contribution < 1.29 is 4.79 Å². The second kappa shape index (κ2) is 4.94. The van der Waals surface area contributed by atoms with Crippen molar-refractivity contribution in [3.63, 3.8) is 0 Å². The van der Waals surface area contributed by atoms with Crippen LogP contribution in [0.3, 0.4) is 0 Å². The van der Waals surface area contributed by atoms with Crippen molar-refractivity contribution >= 4 is 11.6 Å². The van der Waals surface area contributed by atoms with Crippen molar-refractivity contribution in [3.05, 3.63) is 30.3 Å². The summed E-state index contributed by atoms with van der Waals surface area (Å²) in [6, 6.07) is 9.99. The lowest BCUT2D eigenvalue weighted by Crippen LogP contribution is -2.50. The number of nitrogens with one attached hydrogen (secondary N) is 1. The molecule has 0 unspecified atom stereocenters. The summed E-state index contributed by atoms with van der Waals surface area (Å²) in [6.07, 6.45) is 1.27. The summed E-state index contributed by atoms with van der Waals surface area (Å²) in [5, 5.41) is 2.80. The summed E-state index contributed by atoms with van der Waals surface area (Å²) in [7, 11) is 0. The Bertz CT molecular complexity index is 318. The molecule has 0 aliphatic heterocycles. The Morgan fingerprint density at radius 2 is 1.93 bits per heavy atom. The largest absolute Gasteiger partial charge is 0.324 e. The zero-order valence-electron chi connectivity index (χ0n) is 9.21. The van der Waals surface area contributed by atoms with Crippen LogP contribution in [0.15, 0.2) is 24.3 Å². The topological polar surface area (TPSA) is 55.1 Å². The van der Waals surface area contributed by atoms with E-state index in [0.29, 0.717) is 12.8 Å². The Morgan fingerprint density at radius 3 is 2.40 bits per heavy atom. The van der Waals surface area contributed by atoms with Gasteiger partial charge in [-0.1, -0.05) is 26.0 Å². The lowest BCUT2D eigenvalue weighted by molar-refractivity contribution is -0.121. The Morgan fingerprint density at radius 1 is 1.40 bits per heavy atom. The minimum atomic E-state index is -0.764. The van der Waals surface area contributed by atoms with Crippen molar-refractivity contribution in [2.24, 2.45) is 5.73 Å². The molecule has 0 bridgehead atoms. The van der Waals surface area contributed by atoms with Gasteiger partial charge in [0.1, 0.15) is 0 Å². The van der Waals surface area contributed by atoms with E-state index in [-0.39, 0.29) is 5.91 Å². The number of anilines is 1. The van der Waals surface area contributed by atoms with Crippen molar-refractivity contribution in [2.45, 2.75) is 32.2 Å². The minimum absolute atomic E-state index is 0.126. The number of nitrogens with two attached hydrogens (primary N) is 1. The number of carbonyl (C=O) groups excluding carboxylic acids is 1. The molecule has 0 aromatic heterocycles. The molecule has 0 saturated carbocycles. The Balaban J connectivity index is 2.71. The van der Waals surface area contributed by atoms with Gasteiger partial charge in [-0.05, 0) is 31.0 Å². The predicted octanol–water partition coefficient (Wildman–Crippen LogP) is 1.94. The molecule has 1 radical (unpaired) electrons. The molecule has 0 saturated heterocycles. The van der Waals surface area contributed by atoms with E-state index in [1.807, 2.05) is 13.8 Å². The van der Waals surface area contributed by atoms with E-state index in [1.54, 1.807) is 24.3 Å². The van der Waals surface area contributed by atoms with Gasteiger partial charge in [-0.3, -0.25) is 4.79 Å². The Labute approximate surface area is 90.7 Å². The van der Waals surface area contributed by atoms with Crippen LogP contribution in [-0.2, 0) is 4.79 Å². The molecule has 3 N–H and O–H groups in total. The van der Waals surface area contributed by atoms with E-state index >= 15 is 0 Å². The van der Waals surface area contributed by atoms with Crippen LogP contribution in [0, 0.1) is 6.07 Å². The van der Waals surface area contributed by atoms with Gasteiger partial charge < -0.3 is 11.1 Å². The minimum Gasteiger partial charge on any atom is -0.324 e. The first-order valence-electron chi connectivity index (χ1n) is 5.19. The normalized spacial score (nSPS) is 11.1. The van der Waals surface area contributed by atoms with E-state index < -0.39 is 5.54 Å². The monoisotopic (exact) mass is 205 g/mol. The van der Waals surface area contributed by atoms with Crippen LogP contribution in [0.25, 0.3) is 0 Å². The van der Waals surface area contributed by atoms with Crippen LogP contribution in [0.1, 0.15) is 26.7 Å². The van der Waals surface area contributed by atoms with Crippen LogP contribution in [0.5, 0.6) is 0 Å². The van der Waals surface area contributed by atoms with Crippen LogP contribution in [0.4, 0.5) is 5.69 Å². The van der Waals surface area contributed by atoms with Gasteiger partial charge >= 0.3 is 0 Å². The van der Waals surface area contributed by atoms with Gasteiger partial charge in [-0.25, -0.2) is 0 Å². The summed E-state index contributed by atoms with van der Waals surface area (Å²) in [5.41, 5.74) is 5.96. The molecular formula is C12H17N2O. The maximum atomic E-state index is 11.9. The molecule has 1 aromatic carbocycles. The van der Waals surface area contributed by atoms with E-state index in [0.717, 1.165) is 5.69 Å². The standard InChI is InChI=1S/C12H17N2O/c1-3-12(13,4-2)11(15)14-10-8-6-5-7-9-10/h6-9H,3-4,13H2,1-2H3,(H,14,15). The fraction of sp³-hybridized carbons (Fsp3) is 0.417. The molecule has 0 heterocycles. The number of hydrogen-bond acceptors (Lipinski definition) is 2. The molecule has 1 aromatic rings. The smallest absolute Gasteiger partial charge is 0.244 e. The molecule has 0 aliphatic rings. The van der Waals surface area contributed by atoms with Crippen molar-refractivity contribution in [3.8, 4) is 0 Å². The highest BCUT2D eigenvalue weighted by Gasteiger charge is 2.29. The molecule has 15 heavy (non-hydrogen) atoms. The van der Waals surface area contributed by atoms with E-state index in [1.165, 1.54) is 0 Å². The quantitative estimate of drug-likeness (QED) is 0.789. The molecule has 0 atom stereocenters. The molecule has 0 aliphatic carbocycles. The number of benzene rings is 1. The van der Waals surface area contributed by atoms with E-state index in [2.05, 4.69) is 11.4 Å². The van der Waals surface area contributed by atoms with Gasteiger partial charge in [0, 0.05) is 5.69 Å². The van der Waals surface area contributed by atoms with E-state index in [9.17, 15) is 4.79 Å². The van der Waals surface area contributed by atoms with Crippen molar-refractivity contribution in [2.75, 3.05) is 5.32 Å². The first kappa shape index (κ1) is 11.7. The van der Waals surface area contributed by atoms with Gasteiger partial charge in [-0.2, -0.15) is 0 Å².